The molecule has 2 heterocycles. The van der Waals surface area contributed by atoms with E-state index in [2.05, 4.69) is 4.98 Å². The Bertz CT molecular complexity index is 1130. The van der Waals surface area contributed by atoms with Gasteiger partial charge in [-0.3, -0.25) is 19.5 Å². The Balaban J connectivity index is 1.80. The first-order valence-corrected chi connectivity index (χ1v) is 10.7. The van der Waals surface area contributed by atoms with Crippen molar-refractivity contribution in [1.82, 2.24) is 9.88 Å². The average Bonchev–Trinajstić information content (AvgIpc) is 3.07. The summed E-state index contributed by atoms with van der Waals surface area (Å²) in [5.41, 5.74) is 3.12. The molecule has 2 amide bonds. The lowest BCUT2D eigenvalue weighted by Gasteiger charge is -2.25. The SMILES string of the molecule is CCOc1ccc(C2=C(N(CC)c3ccccc3)C(=O)N(Cc3cccnc3)C2=O)cc1. The molecule has 1 aliphatic rings. The lowest BCUT2D eigenvalue weighted by atomic mass is 10.0. The third-order valence-corrected chi connectivity index (χ3v) is 5.32. The highest BCUT2D eigenvalue weighted by atomic mass is 16.5. The molecule has 162 valence electrons. The van der Waals surface area contributed by atoms with Crippen LogP contribution in [0.3, 0.4) is 0 Å². The summed E-state index contributed by atoms with van der Waals surface area (Å²) in [5, 5.41) is 0. The number of rotatable bonds is 8. The van der Waals surface area contributed by atoms with Crippen LogP contribution in [0, 0.1) is 0 Å². The second-order valence-electron chi connectivity index (χ2n) is 7.32. The zero-order chi connectivity index (χ0) is 22.5. The van der Waals surface area contributed by atoms with Crippen LogP contribution in [0.25, 0.3) is 5.57 Å². The fourth-order valence-corrected chi connectivity index (χ4v) is 3.85. The molecule has 32 heavy (non-hydrogen) atoms. The smallest absolute Gasteiger partial charge is 0.278 e. The molecule has 0 atom stereocenters. The predicted octanol–water partition coefficient (Wildman–Crippen LogP) is 4.29. The number of hydrogen-bond donors (Lipinski definition) is 0. The lowest BCUT2D eigenvalue weighted by molar-refractivity contribution is -0.137. The van der Waals surface area contributed by atoms with E-state index in [9.17, 15) is 9.59 Å². The first-order valence-electron chi connectivity index (χ1n) is 10.7. The lowest BCUT2D eigenvalue weighted by Crippen LogP contribution is -2.34. The monoisotopic (exact) mass is 427 g/mol. The number of anilines is 1. The van der Waals surface area contributed by atoms with Crippen molar-refractivity contribution < 1.29 is 14.3 Å². The molecule has 0 fully saturated rings. The van der Waals surface area contributed by atoms with E-state index >= 15 is 0 Å². The first kappa shape index (κ1) is 21.3. The standard InChI is InChI=1S/C26H25N3O3/c1-3-28(21-10-6-5-7-11-21)24-23(20-12-14-22(15-13-20)32-4-2)25(30)29(26(24)31)18-19-9-8-16-27-17-19/h5-17H,3-4,18H2,1-2H3. The van der Waals surface area contributed by atoms with E-state index in [1.807, 2.05) is 79.4 Å². The van der Waals surface area contributed by atoms with Gasteiger partial charge in [-0.05, 0) is 55.3 Å². The van der Waals surface area contributed by atoms with Crippen molar-refractivity contribution in [2.75, 3.05) is 18.1 Å². The van der Waals surface area contributed by atoms with Gasteiger partial charge in [0.05, 0.1) is 18.7 Å². The number of carbonyl (C=O) groups excluding carboxylic acids is 2. The summed E-state index contributed by atoms with van der Waals surface area (Å²) in [6, 6.07) is 20.6. The fourth-order valence-electron chi connectivity index (χ4n) is 3.85. The third kappa shape index (κ3) is 4.12. The maximum absolute atomic E-state index is 13.6. The quantitative estimate of drug-likeness (QED) is 0.502. The second kappa shape index (κ2) is 9.47. The molecule has 6 heteroatoms. The van der Waals surface area contributed by atoms with Crippen molar-refractivity contribution in [2.24, 2.45) is 0 Å². The third-order valence-electron chi connectivity index (χ3n) is 5.32. The molecule has 0 spiro atoms. The van der Waals surface area contributed by atoms with Crippen molar-refractivity contribution in [3.63, 3.8) is 0 Å². The number of aromatic nitrogens is 1. The highest BCUT2D eigenvalue weighted by Crippen LogP contribution is 2.35. The topological polar surface area (TPSA) is 62.7 Å². The fraction of sp³-hybridized carbons (Fsp3) is 0.192. The molecular weight excluding hydrogens is 402 g/mol. The number of imide groups is 1. The summed E-state index contributed by atoms with van der Waals surface area (Å²) in [4.78, 5) is 34.5. The van der Waals surface area contributed by atoms with E-state index in [-0.39, 0.29) is 18.4 Å². The first-order chi connectivity index (χ1) is 15.6. The largest absolute Gasteiger partial charge is 0.494 e. The summed E-state index contributed by atoms with van der Waals surface area (Å²) < 4.78 is 5.54. The minimum absolute atomic E-state index is 0.169. The molecular formula is C26H25N3O3. The second-order valence-corrected chi connectivity index (χ2v) is 7.32. The van der Waals surface area contributed by atoms with Crippen molar-refractivity contribution in [3.05, 3.63) is 95.9 Å². The number of carbonyl (C=O) groups is 2. The van der Waals surface area contributed by atoms with Gasteiger partial charge >= 0.3 is 0 Å². The molecule has 3 aromatic rings. The zero-order valence-corrected chi connectivity index (χ0v) is 18.2. The Morgan fingerprint density at radius 3 is 2.28 bits per heavy atom. The van der Waals surface area contributed by atoms with Crippen LogP contribution in [0.4, 0.5) is 5.69 Å². The maximum Gasteiger partial charge on any atom is 0.278 e. The molecule has 2 aromatic carbocycles. The van der Waals surface area contributed by atoms with Gasteiger partial charge in [0.1, 0.15) is 11.4 Å². The van der Waals surface area contributed by atoms with Gasteiger partial charge in [-0.1, -0.05) is 36.4 Å². The van der Waals surface area contributed by atoms with E-state index in [0.29, 0.717) is 30.0 Å². The number of para-hydroxylation sites is 1. The number of pyridine rings is 1. The van der Waals surface area contributed by atoms with Crippen molar-refractivity contribution >= 4 is 23.1 Å². The molecule has 6 nitrogen and oxygen atoms in total. The van der Waals surface area contributed by atoms with Gasteiger partial charge in [-0.15, -0.1) is 0 Å². The van der Waals surface area contributed by atoms with E-state index < -0.39 is 0 Å². The molecule has 0 saturated carbocycles. The summed E-state index contributed by atoms with van der Waals surface area (Å²) in [6.45, 7) is 5.16. The van der Waals surface area contributed by atoms with Crippen molar-refractivity contribution in [2.45, 2.75) is 20.4 Å². The van der Waals surface area contributed by atoms with Crippen LogP contribution in [-0.2, 0) is 16.1 Å². The van der Waals surface area contributed by atoms with Gasteiger partial charge in [-0.25, -0.2) is 0 Å². The number of amides is 2. The summed E-state index contributed by atoms with van der Waals surface area (Å²) in [7, 11) is 0. The van der Waals surface area contributed by atoms with E-state index in [0.717, 1.165) is 17.0 Å². The molecule has 0 saturated heterocycles. The summed E-state index contributed by atoms with van der Waals surface area (Å²) in [5.74, 6) is 0.0960. The molecule has 1 aliphatic heterocycles. The van der Waals surface area contributed by atoms with Crippen molar-refractivity contribution in [3.8, 4) is 5.75 Å². The number of hydrogen-bond acceptors (Lipinski definition) is 5. The molecule has 0 bridgehead atoms. The predicted molar refractivity (Wildman–Crippen MR) is 124 cm³/mol. The number of likely N-dealkylation sites (N-methyl/N-ethyl adjacent to an activating group) is 1. The van der Waals surface area contributed by atoms with Crippen molar-refractivity contribution in [1.29, 1.82) is 0 Å². The summed E-state index contributed by atoms with van der Waals surface area (Å²) >= 11 is 0. The summed E-state index contributed by atoms with van der Waals surface area (Å²) in [6.07, 6.45) is 3.34. The van der Waals surface area contributed by atoms with E-state index in [1.165, 1.54) is 4.90 Å². The van der Waals surface area contributed by atoms with Gasteiger partial charge in [-0.2, -0.15) is 0 Å². The minimum atomic E-state index is -0.313. The average molecular weight is 428 g/mol. The Kier molecular flexibility index (Phi) is 6.31. The highest BCUT2D eigenvalue weighted by molar-refractivity contribution is 6.36. The van der Waals surface area contributed by atoms with Crippen LogP contribution < -0.4 is 9.64 Å². The number of nitrogens with zero attached hydrogens (tertiary/aromatic N) is 3. The molecule has 4 rings (SSSR count). The van der Waals surface area contributed by atoms with Crippen LogP contribution in [0.5, 0.6) is 5.75 Å². The number of benzene rings is 2. The van der Waals surface area contributed by atoms with Crippen LogP contribution in [0.15, 0.2) is 84.8 Å². The zero-order valence-electron chi connectivity index (χ0n) is 18.2. The Morgan fingerprint density at radius 2 is 1.66 bits per heavy atom. The van der Waals surface area contributed by atoms with Gasteiger partial charge in [0.25, 0.3) is 11.8 Å². The number of ether oxygens (including phenoxy) is 1. The molecule has 0 aliphatic carbocycles. The Morgan fingerprint density at radius 1 is 0.906 bits per heavy atom. The van der Waals surface area contributed by atoms with Gasteiger partial charge in [0.2, 0.25) is 0 Å². The molecule has 0 N–H and O–H groups in total. The Hall–Kier alpha value is -3.93. The Labute approximate surface area is 187 Å². The van der Waals surface area contributed by atoms with Crippen LogP contribution in [0.2, 0.25) is 0 Å². The molecule has 1 aromatic heterocycles. The minimum Gasteiger partial charge on any atom is -0.494 e. The van der Waals surface area contributed by atoms with E-state index in [4.69, 9.17) is 4.74 Å². The van der Waals surface area contributed by atoms with Gasteiger partial charge < -0.3 is 9.64 Å². The normalized spacial score (nSPS) is 13.6. The molecule has 0 radical (unpaired) electrons. The van der Waals surface area contributed by atoms with Crippen LogP contribution in [0.1, 0.15) is 25.0 Å². The van der Waals surface area contributed by atoms with Crippen LogP contribution >= 0.6 is 0 Å². The maximum atomic E-state index is 13.6. The van der Waals surface area contributed by atoms with Gasteiger partial charge in [0.15, 0.2) is 0 Å². The van der Waals surface area contributed by atoms with E-state index in [1.54, 1.807) is 18.5 Å². The molecule has 0 unspecified atom stereocenters. The van der Waals surface area contributed by atoms with Crippen LogP contribution in [-0.4, -0.2) is 34.8 Å². The van der Waals surface area contributed by atoms with Gasteiger partial charge in [0, 0.05) is 24.6 Å². The highest BCUT2D eigenvalue weighted by Gasteiger charge is 2.41.